The fourth-order valence-electron chi connectivity index (χ4n) is 4.88. The number of aliphatic carboxylic acids is 1. The Hall–Kier alpha value is -1.81. The van der Waals surface area contributed by atoms with E-state index >= 15 is 0 Å². The first-order valence-corrected chi connectivity index (χ1v) is 9.53. The van der Waals surface area contributed by atoms with Crippen molar-refractivity contribution in [3.63, 3.8) is 0 Å². The average Bonchev–Trinajstić information content (AvgIpc) is 2.66. The zero-order valence-corrected chi connectivity index (χ0v) is 14.5. The molecule has 0 radical (unpaired) electrons. The highest BCUT2D eigenvalue weighted by Gasteiger charge is 2.44. The molecule has 4 heteroatoms. The van der Waals surface area contributed by atoms with Crippen molar-refractivity contribution < 1.29 is 19.4 Å². The maximum absolute atomic E-state index is 10.9. The lowest BCUT2D eigenvalue weighted by Gasteiger charge is -2.47. The van der Waals surface area contributed by atoms with Crippen LogP contribution < -0.4 is 4.74 Å². The molecular weight excluding hydrogens is 316 g/mol. The number of hydrogen-bond donors (Lipinski definition) is 1. The zero-order chi connectivity index (χ0) is 17.2. The third-order valence-corrected chi connectivity index (χ3v) is 5.92. The molecule has 4 nitrogen and oxygen atoms in total. The number of carboxylic acids is 1. The van der Waals surface area contributed by atoms with Crippen molar-refractivity contribution in [2.75, 3.05) is 6.61 Å². The Labute approximate surface area is 148 Å². The van der Waals surface area contributed by atoms with Crippen LogP contribution in [0.4, 0.5) is 0 Å². The van der Waals surface area contributed by atoms with Gasteiger partial charge in [0.2, 0.25) is 0 Å². The van der Waals surface area contributed by atoms with Gasteiger partial charge < -0.3 is 14.6 Å². The van der Waals surface area contributed by atoms with Crippen molar-refractivity contribution in [2.24, 2.45) is 11.8 Å². The summed E-state index contributed by atoms with van der Waals surface area (Å²) in [5.74, 6) is 0.684. The second-order valence-corrected chi connectivity index (χ2v) is 7.45. The lowest BCUT2D eigenvalue weighted by Crippen LogP contribution is -2.41. The summed E-state index contributed by atoms with van der Waals surface area (Å²) in [6, 6.07) is 7.79. The maximum atomic E-state index is 10.9. The molecule has 4 atom stereocenters. The van der Waals surface area contributed by atoms with Crippen LogP contribution >= 0.6 is 0 Å². The van der Waals surface area contributed by atoms with Crippen molar-refractivity contribution in [1.82, 2.24) is 0 Å². The molecule has 134 valence electrons. The molecule has 1 saturated heterocycles. The summed E-state index contributed by atoms with van der Waals surface area (Å²) in [6.45, 7) is -0.316. The molecule has 0 aromatic heterocycles. The number of allylic oxidation sites excluding steroid dienone is 1. The second kappa shape index (κ2) is 7.20. The summed E-state index contributed by atoms with van der Waals surface area (Å²) in [4.78, 5) is 10.9. The van der Waals surface area contributed by atoms with Crippen LogP contribution in [0.2, 0.25) is 0 Å². The van der Waals surface area contributed by atoms with Gasteiger partial charge in [0, 0.05) is 17.4 Å². The van der Waals surface area contributed by atoms with Gasteiger partial charge in [0.25, 0.3) is 0 Å². The van der Waals surface area contributed by atoms with Crippen molar-refractivity contribution in [1.29, 1.82) is 0 Å². The second-order valence-electron chi connectivity index (χ2n) is 7.45. The van der Waals surface area contributed by atoms with Crippen LogP contribution in [0.5, 0.6) is 5.75 Å². The molecule has 1 aliphatic heterocycles. The Bertz CT molecular complexity index is 666. The van der Waals surface area contributed by atoms with Gasteiger partial charge in [-0.05, 0) is 38.2 Å². The Morgan fingerprint density at radius 3 is 2.80 bits per heavy atom. The Balaban J connectivity index is 1.66. The van der Waals surface area contributed by atoms with Gasteiger partial charge in [-0.15, -0.1) is 0 Å². The third-order valence-electron chi connectivity index (χ3n) is 5.92. The molecule has 1 saturated carbocycles. The lowest BCUT2D eigenvalue weighted by atomic mass is 9.68. The minimum Gasteiger partial charge on any atom is -0.482 e. The molecule has 1 heterocycles. The Kier molecular flexibility index (Phi) is 4.80. The van der Waals surface area contributed by atoms with Crippen molar-refractivity contribution in [3.05, 3.63) is 41.5 Å². The van der Waals surface area contributed by atoms with E-state index in [-0.39, 0.29) is 12.7 Å². The molecule has 1 aromatic rings. The van der Waals surface area contributed by atoms with E-state index in [0.717, 1.165) is 18.4 Å². The van der Waals surface area contributed by atoms with E-state index in [4.69, 9.17) is 14.6 Å². The van der Waals surface area contributed by atoms with Crippen LogP contribution in [0.15, 0.2) is 35.9 Å². The molecular formula is C21H26O4. The van der Waals surface area contributed by atoms with E-state index < -0.39 is 5.97 Å². The number of benzene rings is 1. The standard InChI is InChI=1S/C21H26O4/c22-20(23)13-24-18-11-5-4-10-17(18)21-16-9-2-1-7-14(16)15-8-3-6-12-19(15)25-21/h4-5,7,10-11,15-16,19,21H,1-3,6,8-9,12-13H2,(H,22,23)/t15?,16?,19-,21-/m1/s1. The molecule has 3 aliphatic rings. The van der Waals surface area contributed by atoms with E-state index in [1.165, 1.54) is 32.1 Å². The van der Waals surface area contributed by atoms with Crippen LogP contribution in [0.1, 0.15) is 56.6 Å². The minimum absolute atomic E-state index is 0.0177. The van der Waals surface area contributed by atoms with E-state index in [1.54, 1.807) is 5.57 Å². The topological polar surface area (TPSA) is 55.8 Å². The maximum Gasteiger partial charge on any atom is 0.341 e. The number of rotatable bonds is 4. The molecule has 0 spiro atoms. The normalized spacial score (nSPS) is 31.4. The van der Waals surface area contributed by atoms with Gasteiger partial charge in [-0.2, -0.15) is 0 Å². The summed E-state index contributed by atoms with van der Waals surface area (Å²) < 4.78 is 12.2. The summed E-state index contributed by atoms with van der Waals surface area (Å²) in [5.41, 5.74) is 2.60. The van der Waals surface area contributed by atoms with Gasteiger partial charge in [0.05, 0.1) is 12.2 Å². The molecule has 0 bridgehead atoms. The molecule has 1 aromatic carbocycles. The molecule has 2 aliphatic carbocycles. The van der Waals surface area contributed by atoms with Crippen molar-refractivity contribution in [3.8, 4) is 5.75 Å². The quantitative estimate of drug-likeness (QED) is 0.818. The molecule has 1 N–H and O–H groups in total. The summed E-state index contributed by atoms with van der Waals surface area (Å²) in [5, 5.41) is 8.95. The van der Waals surface area contributed by atoms with Crippen molar-refractivity contribution >= 4 is 5.97 Å². The largest absolute Gasteiger partial charge is 0.482 e. The summed E-state index contributed by atoms with van der Waals surface area (Å²) >= 11 is 0. The summed E-state index contributed by atoms with van der Waals surface area (Å²) in [7, 11) is 0. The van der Waals surface area contributed by atoms with E-state index in [1.807, 2.05) is 24.3 Å². The first-order chi connectivity index (χ1) is 12.2. The smallest absolute Gasteiger partial charge is 0.341 e. The Morgan fingerprint density at radius 2 is 1.92 bits per heavy atom. The average molecular weight is 342 g/mol. The van der Waals surface area contributed by atoms with Gasteiger partial charge >= 0.3 is 5.97 Å². The zero-order valence-electron chi connectivity index (χ0n) is 14.5. The van der Waals surface area contributed by atoms with Crippen LogP contribution in [0.3, 0.4) is 0 Å². The van der Waals surface area contributed by atoms with E-state index in [2.05, 4.69) is 6.08 Å². The highest BCUT2D eigenvalue weighted by atomic mass is 16.5. The molecule has 2 unspecified atom stereocenters. The lowest BCUT2D eigenvalue weighted by molar-refractivity contribution is -0.139. The summed E-state index contributed by atoms with van der Waals surface area (Å²) in [6.07, 6.45) is 11.2. The predicted octanol–water partition coefficient (Wildman–Crippen LogP) is 4.51. The number of hydrogen-bond acceptors (Lipinski definition) is 3. The third kappa shape index (κ3) is 3.32. The SMILES string of the molecule is O=C(O)COc1ccccc1[C@@H]1O[C@@H]2CCCCC2C2=CCCCC21. The van der Waals surface area contributed by atoms with Gasteiger partial charge in [0.1, 0.15) is 5.75 Å². The van der Waals surface area contributed by atoms with E-state index in [0.29, 0.717) is 23.7 Å². The van der Waals surface area contributed by atoms with Crippen LogP contribution in [-0.2, 0) is 9.53 Å². The van der Waals surface area contributed by atoms with Gasteiger partial charge in [0.15, 0.2) is 6.61 Å². The first kappa shape index (κ1) is 16.6. The Morgan fingerprint density at radius 1 is 1.12 bits per heavy atom. The number of ether oxygens (including phenoxy) is 2. The monoisotopic (exact) mass is 342 g/mol. The highest BCUT2D eigenvalue weighted by Crippen LogP contribution is 2.52. The molecule has 2 fully saturated rings. The number of carbonyl (C=O) groups is 1. The number of carboxylic acid groups (broad SMARTS) is 1. The van der Waals surface area contributed by atoms with Gasteiger partial charge in [-0.3, -0.25) is 0 Å². The fraction of sp³-hybridized carbons (Fsp3) is 0.571. The fourth-order valence-corrected chi connectivity index (χ4v) is 4.88. The predicted molar refractivity (Wildman–Crippen MR) is 94.6 cm³/mol. The molecule has 0 amide bonds. The molecule has 25 heavy (non-hydrogen) atoms. The van der Waals surface area contributed by atoms with Crippen LogP contribution in [0.25, 0.3) is 0 Å². The number of fused-ring (bicyclic) bond motifs is 3. The molecule has 4 rings (SSSR count). The van der Waals surface area contributed by atoms with Gasteiger partial charge in [-0.1, -0.05) is 42.7 Å². The van der Waals surface area contributed by atoms with E-state index in [9.17, 15) is 4.79 Å². The highest BCUT2D eigenvalue weighted by molar-refractivity contribution is 5.68. The minimum atomic E-state index is -0.954. The van der Waals surface area contributed by atoms with Crippen LogP contribution in [0, 0.1) is 11.8 Å². The first-order valence-electron chi connectivity index (χ1n) is 9.53. The van der Waals surface area contributed by atoms with Crippen LogP contribution in [-0.4, -0.2) is 23.8 Å². The van der Waals surface area contributed by atoms with Crippen molar-refractivity contribution in [2.45, 2.75) is 57.2 Å². The van der Waals surface area contributed by atoms with Gasteiger partial charge in [-0.25, -0.2) is 4.79 Å². The number of para-hydroxylation sites is 1.